The Morgan fingerprint density at radius 3 is 2.10 bits per heavy atom. The van der Waals surface area contributed by atoms with Gasteiger partial charge in [-0.25, -0.2) is 0 Å². The number of fused-ring (bicyclic) bond motifs is 1. The van der Waals surface area contributed by atoms with E-state index in [2.05, 4.69) is 20.8 Å². The van der Waals surface area contributed by atoms with Crippen LogP contribution >= 0.6 is 11.6 Å². The van der Waals surface area contributed by atoms with Crippen LogP contribution in [0.4, 0.5) is 0 Å². The van der Waals surface area contributed by atoms with Crippen LogP contribution in [0.2, 0.25) is 0 Å². The van der Waals surface area contributed by atoms with Crippen molar-refractivity contribution in [2.75, 3.05) is 0 Å². The zero-order chi connectivity index (χ0) is 22.5. The highest BCUT2D eigenvalue weighted by atomic mass is 35.5. The fraction of sp³-hybridized carbons (Fsp3) is 0.423. The Kier molecular flexibility index (Phi) is 5.57. The monoisotopic (exact) mass is 424 g/mol. The number of rotatable bonds is 6. The molecular weight excluding hydrogens is 396 g/mol. The Labute approximate surface area is 183 Å². The van der Waals surface area contributed by atoms with Crippen molar-refractivity contribution in [1.29, 1.82) is 0 Å². The number of aldehydes is 1. The summed E-state index contributed by atoms with van der Waals surface area (Å²) in [5, 5.41) is 0. The first-order valence-electron chi connectivity index (χ1n) is 10.3. The third-order valence-electron chi connectivity index (χ3n) is 6.37. The summed E-state index contributed by atoms with van der Waals surface area (Å²) in [4.78, 5) is 35.3. The van der Waals surface area contributed by atoms with Crippen LogP contribution in [0, 0.1) is 5.92 Å². The van der Waals surface area contributed by atoms with Gasteiger partial charge in [0.15, 0.2) is 11.6 Å². The third-order valence-corrected chi connectivity index (χ3v) is 6.54. The molecule has 0 saturated carbocycles. The van der Waals surface area contributed by atoms with E-state index in [9.17, 15) is 14.4 Å². The van der Waals surface area contributed by atoms with E-state index in [1.807, 2.05) is 42.5 Å². The molecule has 1 aliphatic rings. The van der Waals surface area contributed by atoms with Crippen LogP contribution in [-0.2, 0) is 15.6 Å². The lowest BCUT2D eigenvalue weighted by molar-refractivity contribution is -0.109. The van der Waals surface area contributed by atoms with Crippen molar-refractivity contribution in [3.05, 3.63) is 70.3 Å². The Bertz CT molecular complexity index is 1010. The zero-order valence-electron chi connectivity index (χ0n) is 18.5. The minimum atomic E-state index is -0.947. The molecule has 3 rings (SSSR count). The second kappa shape index (κ2) is 7.46. The summed E-state index contributed by atoms with van der Waals surface area (Å²) in [6.07, 6.45) is 1.57. The lowest BCUT2D eigenvalue weighted by Crippen LogP contribution is -2.26. The van der Waals surface area contributed by atoms with Gasteiger partial charge in [0.2, 0.25) is 0 Å². The highest BCUT2D eigenvalue weighted by molar-refractivity contribution is 6.37. The van der Waals surface area contributed by atoms with Gasteiger partial charge in [0.25, 0.3) is 0 Å². The van der Waals surface area contributed by atoms with Crippen LogP contribution in [0.3, 0.4) is 0 Å². The summed E-state index contributed by atoms with van der Waals surface area (Å²) in [5.41, 5.74) is 4.19. The molecule has 4 heteroatoms. The molecule has 0 heterocycles. The van der Waals surface area contributed by atoms with E-state index in [0.29, 0.717) is 17.4 Å². The fourth-order valence-corrected chi connectivity index (χ4v) is 4.84. The van der Waals surface area contributed by atoms with E-state index in [0.717, 1.165) is 17.5 Å². The second-order valence-corrected chi connectivity index (χ2v) is 10.8. The van der Waals surface area contributed by atoms with Gasteiger partial charge in [-0.3, -0.25) is 9.59 Å². The number of carbonyl (C=O) groups is 3. The van der Waals surface area contributed by atoms with Gasteiger partial charge in [-0.15, -0.1) is 11.6 Å². The van der Waals surface area contributed by atoms with E-state index >= 15 is 0 Å². The molecule has 2 unspecified atom stereocenters. The van der Waals surface area contributed by atoms with Gasteiger partial charge in [-0.05, 0) is 55.4 Å². The maximum absolute atomic E-state index is 12.6. The fourth-order valence-electron chi connectivity index (χ4n) is 4.73. The van der Waals surface area contributed by atoms with Crippen molar-refractivity contribution >= 4 is 29.5 Å². The molecule has 158 valence electrons. The summed E-state index contributed by atoms with van der Waals surface area (Å²) < 4.78 is 0. The molecule has 30 heavy (non-hydrogen) atoms. The van der Waals surface area contributed by atoms with Gasteiger partial charge in [0, 0.05) is 16.5 Å². The molecule has 0 aromatic heterocycles. The minimum Gasteiger partial charge on any atom is -0.303 e. The molecule has 0 bridgehead atoms. The lowest BCUT2D eigenvalue weighted by atomic mass is 9.74. The van der Waals surface area contributed by atoms with Gasteiger partial charge in [-0.1, -0.05) is 57.2 Å². The van der Waals surface area contributed by atoms with E-state index < -0.39 is 10.8 Å². The number of benzene rings is 2. The number of ketones is 2. The molecule has 0 saturated heterocycles. The summed E-state index contributed by atoms with van der Waals surface area (Å²) in [7, 11) is 0. The first-order valence-corrected chi connectivity index (χ1v) is 10.7. The lowest BCUT2D eigenvalue weighted by Gasteiger charge is -2.29. The Morgan fingerprint density at radius 1 is 1.00 bits per heavy atom. The maximum Gasteiger partial charge on any atom is 0.183 e. The van der Waals surface area contributed by atoms with Crippen molar-refractivity contribution in [2.45, 2.75) is 63.7 Å². The van der Waals surface area contributed by atoms with Crippen LogP contribution in [0.5, 0.6) is 0 Å². The Morgan fingerprint density at radius 2 is 1.57 bits per heavy atom. The standard InChI is InChI=1S/C26H29ClO3/c1-16(14-28)22(29)18-9-12-20-21(13-18)26(6,15-24(20,2)3)19-10-7-17(8-11-19)23(30)25(4,5)27/h7-14,16H,15H2,1-6H3. The summed E-state index contributed by atoms with van der Waals surface area (Å²) >= 11 is 6.19. The molecule has 2 aromatic rings. The molecule has 1 aliphatic carbocycles. The molecule has 0 fully saturated rings. The topological polar surface area (TPSA) is 51.2 Å². The van der Waals surface area contributed by atoms with Crippen LogP contribution in [-0.4, -0.2) is 22.7 Å². The number of alkyl halides is 1. The number of Topliss-reactive ketones (excluding diaryl/α,β-unsaturated/α-hetero) is 2. The number of carbonyl (C=O) groups excluding carboxylic acids is 3. The summed E-state index contributed by atoms with van der Waals surface area (Å²) in [5.74, 6) is -0.929. The maximum atomic E-state index is 12.6. The number of hydrogen-bond acceptors (Lipinski definition) is 3. The molecule has 0 N–H and O–H groups in total. The van der Waals surface area contributed by atoms with Crippen molar-refractivity contribution in [3.63, 3.8) is 0 Å². The first-order chi connectivity index (χ1) is 13.8. The molecule has 3 nitrogen and oxygen atoms in total. The van der Waals surface area contributed by atoms with Crippen molar-refractivity contribution < 1.29 is 14.4 Å². The zero-order valence-corrected chi connectivity index (χ0v) is 19.3. The van der Waals surface area contributed by atoms with E-state index in [-0.39, 0.29) is 22.4 Å². The van der Waals surface area contributed by atoms with Gasteiger partial charge in [0.05, 0.1) is 5.92 Å². The number of hydrogen-bond donors (Lipinski definition) is 0. The molecule has 0 amide bonds. The summed E-state index contributed by atoms with van der Waals surface area (Å²) in [6.45, 7) is 11.6. The SMILES string of the molecule is CC(C=O)C(=O)c1ccc2c(c1)C(C)(c1ccc(C(=O)C(C)(C)Cl)cc1)CC2(C)C. The Hall–Kier alpha value is -2.26. The third kappa shape index (κ3) is 3.76. The first kappa shape index (κ1) is 22.4. The smallest absolute Gasteiger partial charge is 0.183 e. The highest BCUT2D eigenvalue weighted by Crippen LogP contribution is 2.53. The number of halogens is 1. The molecule has 2 atom stereocenters. The van der Waals surface area contributed by atoms with Crippen LogP contribution in [0.1, 0.15) is 85.4 Å². The molecular formula is C26H29ClO3. The average molecular weight is 425 g/mol. The van der Waals surface area contributed by atoms with Crippen molar-refractivity contribution in [3.8, 4) is 0 Å². The Balaban J connectivity index is 2.08. The molecule has 0 spiro atoms. The predicted molar refractivity (Wildman–Crippen MR) is 121 cm³/mol. The van der Waals surface area contributed by atoms with Crippen molar-refractivity contribution in [1.82, 2.24) is 0 Å². The quantitative estimate of drug-likeness (QED) is 0.251. The van der Waals surface area contributed by atoms with Crippen LogP contribution in [0.25, 0.3) is 0 Å². The average Bonchev–Trinajstić information content (AvgIpc) is 2.91. The normalized spacial score (nSPS) is 21.0. The molecule has 0 radical (unpaired) electrons. The van der Waals surface area contributed by atoms with Gasteiger partial charge < -0.3 is 4.79 Å². The van der Waals surface area contributed by atoms with Crippen molar-refractivity contribution in [2.24, 2.45) is 5.92 Å². The van der Waals surface area contributed by atoms with Crippen LogP contribution in [0.15, 0.2) is 42.5 Å². The predicted octanol–water partition coefficient (Wildman–Crippen LogP) is 5.89. The summed E-state index contributed by atoms with van der Waals surface area (Å²) in [6, 6.07) is 13.5. The molecule has 0 aliphatic heterocycles. The largest absolute Gasteiger partial charge is 0.303 e. The van der Waals surface area contributed by atoms with Crippen LogP contribution < -0.4 is 0 Å². The van der Waals surface area contributed by atoms with E-state index in [4.69, 9.17) is 11.6 Å². The highest BCUT2D eigenvalue weighted by Gasteiger charge is 2.46. The van der Waals surface area contributed by atoms with E-state index in [1.165, 1.54) is 5.56 Å². The van der Waals surface area contributed by atoms with Gasteiger partial charge in [-0.2, -0.15) is 0 Å². The second-order valence-electron chi connectivity index (χ2n) is 9.82. The molecule has 2 aromatic carbocycles. The minimum absolute atomic E-state index is 0.0610. The van der Waals surface area contributed by atoms with Gasteiger partial charge in [0.1, 0.15) is 11.2 Å². The van der Waals surface area contributed by atoms with E-state index in [1.54, 1.807) is 20.8 Å². The van der Waals surface area contributed by atoms with Gasteiger partial charge >= 0.3 is 0 Å².